The number of rotatable bonds is 5. The van der Waals surface area contributed by atoms with Crippen molar-refractivity contribution in [2.75, 3.05) is 38.1 Å². The van der Waals surface area contributed by atoms with E-state index in [0.29, 0.717) is 17.5 Å². The Labute approximate surface area is 199 Å². The number of para-hydroxylation sites is 1. The number of hydrogen-bond donors (Lipinski definition) is 0. The summed E-state index contributed by atoms with van der Waals surface area (Å²) in [5.74, 6) is 2.51. The van der Waals surface area contributed by atoms with Crippen molar-refractivity contribution in [3.8, 4) is 11.5 Å². The van der Waals surface area contributed by atoms with Gasteiger partial charge in [-0.15, -0.1) is 0 Å². The van der Waals surface area contributed by atoms with Crippen LogP contribution >= 0.6 is 0 Å². The second-order valence-electron chi connectivity index (χ2n) is 9.18. The number of benzene rings is 2. The highest BCUT2D eigenvalue weighted by Gasteiger charge is 2.42. The Morgan fingerprint density at radius 1 is 0.971 bits per heavy atom. The Morgan fingerprint density at radius 3 is 2.26 bits per heavy atom. The van der Waals surface area contributed by atoms with Gasteiger partial charge in [-0.05, 0) is 41.7 Å². The van der Waals surface area contributed by atoms with Crippen molar-refractivity contribution in [1.82, 2.24) is 19.6 Å². The van der Waals surface area contributed by atoms with Crippen LogP contribution < -0.4 is 9.64 Å². The van der Waals surface area contributed by atoms with Gasteiger partial charge in [-0.3, -0.25) is 9.69 Å². The normalized spacial score (nSPS) is 19.8. The second-order valence-corrected chi connectivity index (χ2v) is 9.18. The molecule has 1 aromatic heterocycles. The summed E-state index contributed by atoms with van der Waals surface area (Å²) in [6.45, 7) is 5.82. The standard InChI is InChI=1S/C26H29N5O3/c1-19(32)28(2)23-12-27-31(18-23)26(33)30-16-21-14-29(15-22(21)17-30)13-20-8-10-25(11-9-20)34-24-6-4-3-5-7-24/h3-12,18,21-22H,13-17H2,1-2H3. The molecule has 176 valence electrons. The van der Waals surface area contributed by atoms with Crippen molar-refractivity contribution >= 4 is 17.6 Å². The van der Waals surface area contributed by atoms with E-state index in [1.807, 2.05) is 47.4 Å². The van der Waals surface area contributed by atoms with Gasteiger partial charge in [0, 0.05) is 46.7 Å². The number of amides is 2. The Hall–Kier alpha value is -3.65. The molecule has 2 amide bonds. The summed E-state index contributed by atoms with van der Waals surface area (Å²) in [6.07, 6.45) is 3.17. The van der Waals surface area contributed by atoms with Gasteiger partial charge in [0.15, 0.2) is 0 Å². The van der Waals surface area contributed by atoms with Gasteiger partial charge in [0.05, 0.1) is 18.1 Å². The van der Waals surface area contributed by atoms with Crippen LogP contribution in [0.3, 0.4) is 0 Å². The van der Waals surface area contributed by atoms with Crippen LogP contribution in [0.2, 0.25) is 0 Å². The molecule has 34 heavy (non-hydrogen) atoms. The molecule has 2 aromatic carbocycles. The maximum absolute atomic E-state index is 12.9. The van der Waals surface area contributed by atoms with Gasteiger partial charge in [-0.2, -0.15) is 9.78 Å². The Kier molecular flexibility index (Phi) is 6.06. The molecular weight excluding hydrogens is 430 g/mol. The molecule has 2 unspecified atom stereocenters. The zero-order valence-corrected chi connectivity index (χ0v) is 19.5. The minimum Gasteiger partial charge on any atom is -0.457 e. The number of carbonyl (C=O) groups excluding carboxylic acids is 2. The lowest BCUT2D eigenvalue weighted by atomic mass is 10.0. The average molecular weight is 460 g/mol. The van der Waals surface area contributed by atoms with Gasteiger partial charge in [0.2, 0.25) is 5.91 Å². The first kappa shape index (κ1) is 22.2. The molecule has 0 spiro atoms. The number of hydrogen-bond acceptors (Lipinski definition) is 5. The van der Waals surface area contributed by atoms with E-state index in [1.54, 1.807) is 19.4 Å². The van der Waals surface area contributed by atoms with Gasteiger partial charge in [-0.1, -0.05) is 30.3 Å². The van der Waals surface area contributed by atoms with Crippen LogP contribution in [0.1, 0.15) is 12.5 Å². The monoisotopic (exact) mass is 459 g/mol. The molecule has 2 fully saturated rings. The highest BCUT2D eigenvalue weighted by Crippen LogP contribution is 2.32. The van der Waals surface area contributed by atoms with E-state index in [2.05, 4.69) is 22.1 Å². The van der Waals surface area contributed by atoms with E-state index < -0.39 is 0 Å². The maximum atomic E-state index is 12.9. The van der Waals surface area contributed by atoms with Crippen molar-refractivity contribution in [2.24, 2.45) is 11.8 Å². The predicted molar refractivity (Wildman–Crippen MR) is 129 cm³/mol. The van der Waals surface area contributed by atoms with E-state index in [9.17, 15) is 9.59 Å². The van der Waals surface area contributed by atoms with Crippen LogP contribution in [0, 0.1) is 11.8 Å². The molecule has 3 aromatic rings. The van der Waals surface area contributed by atoms with Crippen molar-refractivity contribution in [2.45, 2.75) is 13.5 Å². The topological polar surface area (TPSA) is 70.9 Å². The third kappa shape index (κ3) is 4.68. The van der Waals surface area contributed by atoms with E-state index in [0.717, 1.165) is 44.2 Å². The summed E-state index contributed by atoms with van der Waals surface area (Å²) in [5, 5.41) is 4.17. The SMILES string of the molecule is CC(=O)N(C)c1cnn(C(=O)N2CC3CN(Cc4ccc(Oc5ccccc5)cc4)CC3C2)c1. The Bertz CT molecular complexity index is 1150. The fourth-order valence-corrected chi connectivity index (χ4v) is 4.84. The summed E-state index contributed by atoms with van der Waals surface area (Å²) in [6, 6.07) is 17.9. The van der Waals surface area contributed by atoms with Gasteiger partial charge in [-0.25, -0.2) is 4.79 Å². The number of fused-ring (bicyclic) bond motifs is 1. The van der Waals surface area contributed by atoms with Crippen LogP contribution in [0.4, 0.5) is 10.5 Å². The fourth-order valence-electron chi connectivity index (χ4n) is 4.84. The van der Waals surface area contributed by atoms with E-state index in [1.165, 1.54) is 22.1 Å². The number of ether oxygens (including phenoxy) is 1. The molecule has 0 aliphatic carbocycles. The van der Waals surface area contributed by atoms with Crippen molar-refractivity contribution < 1.29 is 14.3 Å². The van der Waals surface area contributed by atoms with Crippen molar-refractivity contribution in [3.63, 3.8) is 0 Å². The van der Waals surface area contributed by atoms with Crippen LogP contribution in [0.25, 0.3) is 0 Å². The van der Waals surface area contributed by atoms with Crippen LogP contribution in [0.15, 0.2) is 67.0 Å². The largest absolute Gasteiger partial charge is 0.457 e. The lowest BCUT2D eigenvalue weighted by Gasteiger charge is -2.21. The molecule has 0 saturated carbocycles. The quantitative estimate of drug-likeness (QED) is 0.582. The first-order valence-electron chi connectivity index (χ1n) is 11.6. The highest BCUT2D eigenvalue weighted by molar-refractivity contribution is 5.91. The lowest BCUT2D eigenvalue weighted by molar-refractivity contribution is -0.116. The summed E-state index contributed by atoms with van der Waals surface area (Å²) >= 11 is 0. The van der Waals surface area contributed by atoms with E-state index >= 15 is 0 Å². The smallest absolute Gasteiger partial charge is 0.344 e. The van der Waals surface area contributed by atoms with Gasteiger partial charge in [0.1, 0.15) is 11.5 Å². The predicted octanol–water partition coefficient (Wildman–Crippen LogP) is 3.69. The highest BCUT2D eigenvalue weighted by atomic mass is 16.5. The van der Waals surface area contributed by atoms with Crippen LogP contribution in [-0.2, 0) is 11.3 Å². The zero-order chi connectivity index (χ0) is 23.7. The maximum Gasteiger partial charge on any atom is 0.344 e. The molecule has 2 atom stereocenters. The zero-order valence-electron chi connectivity index (χ0n) is 19.5. The minimum absolute atomic E-state index is 0.0962. The van der Waals surface area contributed by atoms with Crippen LogP contribution in [-0.4, -0.2) is 64.7 Å². The first-order chi connectivity index (χ1) is 16.5. The lowest BCUT2D eigenvalue weighted by Crippen LogP contribution is -2.36. The summed E-state index contributed by atoms with van der Waals surface area (Å²) in [4.78, 5) is 30.3. The van der Waals surface area contributed by atoms with Crippen LogP contribution in [0.5, 0.6) is 11.5 Å². The molecule has 8 nitrogen and oxygen atoms in total. The third-order valence-electron chi connectivity index (χ3n) is 6.77. The van der Waals surface area contributed by atoms with E-state index in [4.69, 9.17) is 4.74 Å². The number of anilines is 1. The molecule has 8 heteroatoms. The molecule has 2 aliphatic heterocycles. The summed E-state index contributed by atoms with van der Waals surface area (Å²) < 4.78 is 7.22. The van der Waals surface area contributed by atoms with Crippen molar-refractivity contribution in [1.29, 1.82) is 0 Å². The Morgan fingerprint density at radius 2 is 1.62 bits per heavy atom. The second kappa shape index (κ2) is 9.30. The third-order valence-corrected chi connectivity index (χ3v) is 6.77. The minimum atomic E-state index is -0.127. The molecule has 2 aliphatic rings. The Balaban J connectivity index is 1.13. The molecule has 0 bridgehead atoms. The van der Waals surface area contributed by atoms with Gasteiger partial charge < -0.3 is 14.5 Å². The molecular formula is C26H29N5O3. The number of aromatic nitrogens is 2. The van der Waals surface area contributed by atoms with Gasteiger partial charge >= 0.3 is 6.03 Å². The molecule has 0 radical (unpaired) electrons. The van der Waals surface area contributed by atoms with Crippen molar-refractivity contribution in [3.05, 3.63) is 72.6 Å². The van der Waals surface area contributed by atoms with Gasteiger partial charge in [0.25, 0.3) is 0 Å². The summed E-state index contributed by atoms with van der Waals surface area (Å²) in [7, 11) is 1.67. The fraction of sp³-hybridized carbons (Fsp3) is 0.346. The van der Waals surface area contributed by atoms with E-state index in [-0.39, 0.29) is 11.9 Å². The summed E-state index contributed by atoms with van der Waals surface area (Å²) in [5.41, 5.74) is 1.87. The number of carbonyl (C=O) groups is 2. The molecule has 3 heterocycles. The number of likely N-dealkylation sites (tertiary alicyclic amines) is 2. The average Bonchev–Trinajstić information content (AvgIpc) is 3.55. The molecule has 2 saturated heterocycles. The number of nitrogens with zero attached hydrogens (tertiary/aromatic N) is 5. The first-order valence-corrected chi connectivity index (χ1v) is 11.6. The molecule has 5 rings (SSSR count). The molecule has 0 N–H and O–H groups in total.